The van der Waals surface area contributed by atoms with Crippen molar-refractivity contribution in [1.29, 1.82) is 0 Å². The fourth-order valence-electron chi connectivity index (χ4n) is 2.72. The molecule has 0 saturated heterocycles. The molecule has 29 heavy (non-hydrogen) atoms. The van der Waals surface area contributed by atoms with Gasteiger partial charge in [0.05, 0.1) is 20.2 Å². The maximum absolute atomic E-state index is 13.3. The molecule has 1 amide bonds. The van der Waals surface area contributed by atoms with Gasteiger partial charge in [0.15, 0.2) is 15.0 Å². The smallest absolute Gasteiger partial charge is 0.261 e. The number of rotatable bonds is 6. The largest absolute Gasteiger partial charge is 0.308 e. The van der Waals surface area contributed by atoms with Crippen LogP contribution in [0.1, 0.15) is 10.4 Å². The summed E-state index contributed by atoms with van der Waals surface area (Å²) in [6, 6.07) is 10.1. The Kier molecular flexibility index (Phi) is 6.64. The molecule has 3 rings (SSSR count). The molecule has 2 aromatic carbocycles. The number of carbonyl (C=O) groups excluding carboxylic acids is 1. The molecule has 3 aromatic rings. The number of likely N-dealkylation sites (N-methyl/N-ethyl adjacent to an activating group) is 1. The molecule has 0 radical (unpaired) electrons. The van der Waals surface area contributed by atoms with Crippen LogP contribution < -0.4 is 4.90 Å². The quantitative estimate of drug-likeness (QED) is 0.488. The Bertz CT molecular complexity index is 1180. The summed E-state index contributed by atoms with van der Waals surface area (Å²) in [4.78, 5) is 21.5. The predicted octanol–water partition coefficient (Wildman–Crippen LogP) is 4.32. The summed E-state index contributed by atoms with van der Waals surface area (Å²) in [5.74, 6) is -0.293. The minimum Gasteiger partial charge on any atom is -0.308 e. The number of para-hydroxylation sites is 1. The summed E-state index contributed by atoms with van der Waals surface area (Å²) in [6.45, 7) is 0.981. The van der Waals surface area contributed by atoms with Gasteiger partial charge in [-0.25, -0.2) is 13.4 Å². The highest BCUT2D eigenvalue weighted by atomic mass is 79.9. The predicted molar refractivity (Wildman–Crippen MR) is 122 cm³/mol. The zero-order valence-electron chi connectivity index (χ0n) is 16.0. The van der Waals surface area contributed by atoms with E-state index in [9.17, 15) is 13.2 Å². The van der Waals surface area contributed by atoms with Crippen molar-refractivity contribution in [3.63, 3.8) is 0 Å². The minimum absolute atomic E-state index is 0.151. The van der Waals surface area contributed by atoms with Crippen LogP contribution in [0.15, 0.2) is 45.8 Å². The third-order valence-electron chi connectivity index (χ3n) is 4.18. The summed E-state index contributed by atoms with van der Waals surface area (Å²) >= 11 is 10.9. The summed E-state index contributed by atoms with van der Waals surface area (Å²) in [5.41, 5.74) is 0.723. The van der Waals surface area contributed by atoms with Crippen LogP contribution in [0.3, 0.4) is 0 Å². The molecule has 0 atom stereocenters. The second-order valence-corrected chi connectivity index (χ2v) is 11.1. The van der Waals surface area contributed by atoms with Crippen molar-refractivity contribution in [2.75, 3.05) is 38.3 Å². The van der Waals surface area contributed by atoms with E-state index in [1.165, 1.54) is 17.4 Å². The van der Waals surface area contributed by atoms with E-state index < -0.39 is 9.84 Å². The number of benzene rings is 2. The van der Waals surface area contributed by atoms with Crippen molar-refractivity contribution in [2.24, 2.45) is 0 Å². The number of halogens is 2. The van der Waals surface area contributed by atoms with E-state index in [0.717, 1.165) is 10.7 Å². The lowest BCUT2D eigenvalue weighted by Crippen LogP contribution is -2.36. The van der Waals surface area contributed by atoms with Gasteiger partial charge in [0.25, 0.3) is 5.91 Å². The first kappa shape index (κ1) is 22.2. The molecule has 0 unspecified atom stereocenters. The Morgan fingerprint density at radius 1 is 1.21 bits per heavy atom. The number of amides is 1. The van der Waals surface area contributed by atoms with Gasteiger partial charge >= 0.3 is 0 Å². The van der Waals surface area contributed by atoms with Crippen LogP contribution in [0.2, 0.25) is 5.02 Å². The average Bonchev–Trinajstić information content (AvgIpc) is 3.06. The summed E-state index contributed by atoms with van der Waals surface area (Å²) in [5, 5.41) is 0.769. The Labute approximate surface area is 187 Å². The van der Waals surface area contributed by atoms with Crippen LogP contribution in [0, 0.1) is 0 Å². The molecule has 0 bridgehead atoms. The van der Waals surface area contributed by atoms with Crippen molar-refractivity contribution in [2.45, 2.75) is 4.90 Å². The highest BCUT2D eigenvalue weighted by Crippen LogP contribution is 2.34. The van der Waals surface area contributed by atoms with Crippen LogP contribution >= 0.6 is 38.9 Å². The number of carbonyl (C=O) groups is 1. The Morgan fingerprint density at radius 2 is 1.93 bits per heavy atom. The maximum atomic E-state index is 13.3. The molecule has 0 fully saturated rings. The number of hydrogen-bond donors (Lipinski definition) is 0. The maximum Gasteiger partial charge on any atom is 0.261 e. The van der Waals surface area contributed by atoms with E-state index in [0.29, 0.717) is 39.0 Å². The Hall–Kier alpha value is -1.52. The van der Waals surface area contributed by atoms with Crippen LogP contribution in [0.4, 0.5) is 5.13 Å². The van der Waals surface area contributed by atoms with Crippen LogP contribution in [0.5, 0.6) is 0 Å². The molecule has 0 spiro atoms. The van der Waals surface area contributed by atoms with Gasteiger partial charge in [0.2, 0.25) is 0 Å². The van der Waals surface area contributed by atoms with Gasteiger partial charge in [-0.15, -0.1) is 0 Å². The minimum atomic E-state index is -3.45. The molecular weight excluding hydrogens is 498 g/mol. The average molecular weight is 517 g/mol. The molecule has 6 nitrogen and oxygen atoms in total. The lowest BCUT2D eigenvalue weighted by molar-refractivity contribution is 0.0985. The third-order valence-corrected chi connectivity index (χ3v) is 7.17. The first-order valence-electron chi connectivity index (χ1n) is 8.59. The molecule has 10 heteroatoms. The van der Waals surface area contributed by atoms with Gasteiger partial charge in [-0.1, -0.05) is 44.9 Å². The summed E-state index contributed by atoms with van der Waals surface area (Å²) < 4.78 is 25.7. The number of fused-ring (bicyclic) bond motifs is 1. The molecular formula is C19H19BrClN3O3S2. The van der Waals surface area contributed by atoms with Crippen molar-refractivity contribution < 1.29 is 13.2 Å². The van der Waals surface area contributed by atoms with Crippen LogP contribution in [-0.4, -0.2) is 57.6 Å². The van der Waals surface area contributed by atoms with Crippen LogP contribution in [0.25, 0.3) is 10.2 Å². The second kappa shape index (κ2) is 8.69. The first-order chi connectivity index (χ1) is 13.6. The van der Waals surface area contributed by atoms with Gasteiger partial charge < -0.3 is 4.90 Å². The molecule has 0 N–H and O–H groups in total. The molecule has 154 valence electrons. The van der Waals surface area contributed by atoms with Gasteiger partial charge in [0.1, 0.15) is 5.52 Å². The molecule has 1 aromatic heterocycles. The van der Waals surface area contributed by atoms with Crippen molar-refractivity contribution in [1.82, 2.24) is 9.88 Å². The van der Waals surface area contributed by atoms with Crippen LogP contribution in [-0.2, 0) is 9.84 Å². The van der Waals surface area contributed by atoms with Gasteiger partial charge in [-0.2, -0.15) is 0 Å². The standard InChI is InChI=1S/C19H19BrClN3O3S2/c1-23(2)9-10-24(18(25)13-11-12(20)7-8-14(13)21)19-22-17-15(28-19)5-4-6-16(17)29(3,26)27/h4-8,11H,9-10H2,1-3H3. The number of sulfone groups is 1. The summed E-state index contributed by atoms with van der Waals surface area (Å²) in [6.07, 6.45) is 1.15. The monoisotopic (exact) mass is 515 g/mol. The zero-order valence-corrected chi connectivity index (χ0v) is 20.0. The van der Waals surface area contributed by atoms with Gasteiger partial charge in [0, 0.05) is 23.8 Å². The number of anilines is 1. The van der Waals surface area contributed by atoms with E-state index in [4.69, 9.17) is 11.6 Å². The molecule has 0 saturated carbocycles. The van der Waals surface area contributed by atoms with Crippen molar-refractivity contribution in [3.8, 4) is 0 Å². The van der Waals surface area contributed by atoms with Gasteiger partial charge in [-0.05, 0) is 44.4 Å². The van der Waals surface area contributed by atoms with E-state index in [-0.39, 0.29) is 10.8 Å². The second-order valence-electron chi connectivity index (χ2n) is 6.76. The normalized spacial score (nSPS) is 11.9. The van der Waals surface area contributed by atoms with Gasteiger partial charge in [-0.3, -0.25) is 9.69 Å². The SMILES string of the molecule is CN(C)CCN(C(=O)c1cc(Br)ccc1Cl)c1nc2c(S(C)(=O)=O)cccc2s1. The lowest BCUT2D eigenvalue weighted by Gasteiger charge is -2.22. The van der Waals surface area contributed by atoms with E-state index in [1.54, 1.807) is 35.2 Å². The lowest BCUT2D eigenvalue weighted by atomic mass is 10.2. The number of nitrogens with zero attached hydrogens (tertiary/aromatic N) is 3. The number of aromatic nitrogens is 1. The topological polar surface area (TPSA) is 70.6 Å². The molecule has 1 heterocycles. The first-order valence-corrected chi connectivity index (χ1v) is 12.5. The van der Waals surface area contributed by atoms with E-state index >= 15 is 0 Å². The third kappa shape index (κ3) is 4.97. The van der Waals surface area contributed by atoms with Crippen molar-refractivity contribution >= 4 is 70.0 Å². The fraction of sp³-hybridized carbons (Fsp3) is 0.263. The Balaban J connectivity index is 2.12. The molecule has 0 aliphatic carbocycles. The number of thiazole rings is 1. The molecule has 0 aliphatic rings. The Morgan fingerprint density at radius 3 is 2.59 bits per heavy atom. The van der Waals surface area contributed by atoms with E-state index in [2.05, 4.69) is 20.9 Å². The highest BCUT2D eigenvalue weighted by Gasteiger charge is 2.25. The zero-order chi connectivity index (χ0) is 21.3. The molecule has 0 aliphatic heterocycles. The fourth-order valence-corrected chi connectivity index (χ4v) is 5.19. The van der Waals surface area contributed by atoms with E-state index in [1.807, 2.05) is 19.0 Å². The van der Waals surface area contributed by atoms with Crippen molar-refractivity contribution in [3.05, 3.63) is 51.5 Å². The summed E-state index contributed by atoms with van der Waals surface area (Å²) in [7, 11) is 0.376. The highest BCUT2D eigenvalue weighted by molar-refractivity contribution is 9.10. The number of hydrogen-bond acceptors (Lipinski definition) is 6.